The predicted octanol–water partition coefficient (Wildman–Crippen LogP) is 2.99. The number of nitrogens with one attached hydrogen (secondary N) is 1. The lowest BCUT2D eigenvalue weighted by molar-refractivity contribution is -0.148. The summed E-state index contributed by atoms with van der Waals surface area (Å²) in [7, 11) is -3.62. The number of carbonyl (C=O) groups is 2. The Labute approximate surface area is 161 Å². The summed E-state index contributed by atoms with van der Waals surface area (Å²) in [5.41, 5.74) is 0. The zero-order valence-corrected chi connectivity index (χ0v) is 16.4. The molecular formula is C17H18ClNO5S2. The van der Waals surface area contributed by atoms with Crippen LogP contribution < -0.4 is 5.32 Å². The summed E-state index contributed by atoms with van der Waals surface area (Å²) in [6.07, 6.45) is -0.335. The Bertz CT molecular complexity index is 848. The van der Waals surface area contributed by atoms with Crippen LogP contribution in [0.2, 0.25) is 5.02 Å². The molecule has 0 unspecified atom stereocenters. The van der Waals surface area contributed by atoms with Gasteiger partial charge in [-0.25, -0.2) is 8.42 Å². The van der Waals surface area contributed by atoms with Gasteiger partial charge >= 0.3 is 5.97 Å². The minimum atomic E-state index is -3.62. The molecule has 140 valence electrons. The van der Waals surface area contributed by atoms with Gasteiger partial charge in [0, 0.05) is 9.90 Å². The summed E-state index contributed by atoms with van der Waals surface area (Å²) in [6, 6.07) is 9.27. The summed E-state index contributed by atoms with van der Waals surface area (Å²) in [5, 5.41) is 5.03. The maximum absolute atomic E-state index is 12.1. The Balaban J connectivity index is 1.76. The van der Waals surface area contributed by atoms with Gasteiger partial charge in [0.2, 0.25) is 0 Å². The highest BCUT2D eigenvalue weighted by Crippen LogP contribution is 2.18. The highest BCUT2D eigenvalue weighted by molar-refractivity contribution is 7.91. The average Bonchev–Trinajstić information content (AvgIpc) is 3.13. The molecule has 1 heterocycles. The lowest BCUT2D eigenvalue weighted by atomic mass is 10.3. The van der Waals surface area contributed by atoms with Crippen LogP contribution in [-0.4, -0.2) is 32.7 Å². The molecule has 0 fully saturated rings. The topological polar surface area (TPSA) is 89.5 Å². The second kappa shape index (κ2) is 9.16. The van der Waals surface area contributed by atoms with Crippen molar-refractivity contribution in [3.8, 4) is 0 Å². The Hall–Kier alpha value is -1.90. The summed E-state index contributed by atoms with van der Waals surface area (Å²) >= 11 is 7.23. The van der Waals surface area contributed by atoms with Crippen LogP contribution in [0.3, 0.4) is 0 Å². The zero-order valence-electron chi connectivity index (χ0n) is 14.0. The van der Waals surface area contributed by atoms with Crippen molar-refractivity contribution in [1.29, 1.82) is 0 Å². The van der Waals surface area contributed by atoms with E-state index >= 15 is 0 Å². The second-order valence-electron chi connectivity index (χ2n) is 5.49. The summed E-state index contributed by atoms with van der Waals surface area (Å²) in [4.78, 5) is 24.6. The maximum atomic E-state index is 12.1. The average molecular weight is 416 g/mol. The van der Waals surface area contributed by atoms with Crippen molar-refractivity contribution < 1.29 is 22.7 Å². The van der Waals surface area contributed by atoms with E-state index in [1.54, 1.807) is 0 Å². The molecule has 26 heavy (non-hydrogen) atoms. The number of benzene rings is 1. The fraction of sp³-hybridized carbons (Fsp3) is 0.294. The largest absolute Gasteiger partial charge is 0.456 e. The van der Waals surface area contributed by atoms with Gasteiger partial charge in [-0.3, -0.25) is 9.59 Å². The zero-order chi connectivity index (χ0) is 19.2. The first-order valence-corrected chi connectivity index (χ1v) is 10.7. The first kappa shape index (κ1) is 20.4. The quantitative estimate of drug-likeness (QED) is 0.669. The monoisotopic (exact) mass is 415 g/mol. The molecule has 1 aromatic heterocycles. The standard InChI is InChI=1S/C17H18ClNO5S2/c1-12(15-3-2-9-25-15)19-16(20)11-24-17(21)8-10-26(22,23)14-6-4-13(18)5-7-14/h2-7,9,12H,8,10-11H2,1H3,(H,19,20)/t12-/m0/s1. The summed E-state index contributed by atoms with van der Waals surface area (Å²) < 4.78 is 29.1. The smallest absolute Gasteiger partial charge is 0.307 e. The minimum absolute atomic E-state index is 0.0808. The highest BCUT2D eigenvalue weighted by Gasteiger charge is 2.18. The van der Waals surface area contributed by atoms with E-state index in [1.807, 2.05) is 24.4 Å². The Morgan fingerprint density at radius 2 is 1.92 bits per heavy atom. The van der Waals surface area contributed by atoms with E-state index in [0.29, 0.717) is 5.02 Å². The normalized spacial score (nSPS) is 12.4. The maximum Gasteiger partial charge on any atom is 0.307 e. The van der Waals surface area contributed by atoms with Crippen LogP contribution in [0.4, 0.5) is 0 Å². The van der Waals surface area contributed by atoms with E-state index in [2.05, 4.69) is 5.32 Å². The lowest BCUT2D eigenvalue weighted by Gasteiger charge is -2.12. The van der Waals surface area contributed by atoms with E-state index in [9.17, 15) is 18.0 Å². The van der Waals surface area contributed by atoms with Gasteiger partial charge in [-0.1, -0.05) is 17.7 Å². The van der Waals surface area contributed by atoms with E-state index in [4.69, 9.17) is 16.3 Å². The molecule has 0 aliphatic carbocycles. The molecule has 1 N–H and O–H groups in total. The Morgan fingerprint density at radius 1 is 1.23 bits per heavy atom. The molecule has 9 heteroatoms. The Morgan fingerprint density at radius 3 is 2.54 bits per heavy atom. The molecule has 0 aliphatic rings. The number of ether oxygens (including phenoxy) is 1. The number of amides is 1. The number of carbonyl (C=O) groups excluding carboxylic acids is 2. The van der Waals surface area contributed by atoms with Gasteiger partial charge in [0.1, 0.15) is 0 Å². The number of sulfone groups is 1. The van der Waals surface area contributed by atoms with Crippen molar-refractivity contribution in [2.75, 3.05) is 12.4 Å². The molecule has 0 saturated heterocycles. The predicted molar refractivity (Wildman–Crippen MR) is 100.0 cm³/mol. The van der Waals surface area contributed by atoms with Crippen molar-refractivity contribution in [3.63, 3.8) is 0 Å². The van der Waals surface area contributed by atoms with Crippen LogP contribution >= 0.6 is 22.9 Å². The number of halogens is 1. The van der Waals surface area contributed by atoms with Crippen LogP contribution in [0.5, 0.6) is 0 Å². The Kier molecular flexibility index (Phi) is 7.19. The number of rotatable bonds is 8. The van der Waals surface area contributed by atoms with Crippen LogP contribution in [0.25, 0.3) is 0 Å². The number of hydrogen-bond donors (Lipinski definition) is 1. The molecular weight excluding hydrogens is 398 g/mol. The van der Waals surface area contributed by atoms with Gasteiger partial charge in [-0.15, -0.1) is 11.3 Å². The van der Waals surface area contributed by atoms with Gasteiger partial charge in [-0.05, 0) is 42.6 Å². The number of esters is 1. The third kappa shape index (κ3) is 6.12. The molecule has 1 aromatic carbocycles. The van der Waals surface area contributed by atoms with E-state index in [-0.39, 0.29) is 17.4 Å². The molecule has 6 nitrogen and oxygen atoms in total. The third-order valence-electron chi connectivity index (χ3n) is 3.46. The molecule has 0 radical (unpaired) electrons. The first-order valence-electron chi connectivity index (χ1n) is 7.74. The van der Waals surface area contributed by atoms with Gasteiger partial charge in [0.25, 0.3) is 5.91 Å². The van der Waals surface area contributed by atoms with Crippen LogP contribution in [0.1, 0.15) is 24.3 Å². The molecule has 2 rings (SSSR count). The SMILES string of the molecule is C[C@H](NC(=O)COC(=O)CCS(=O)(=O)c1ccc(Cl)cc1)c1cccs1. The molecule has 0 saturated carbocycles. The second-order valence-corrected chi connectivity index (χ2v) is 9.01. The number of thiophene rings is 1. The summed E-state index contributed by atoms with van der Waals surface area (Å²) in [6.45, 7) is 1.37. The van der Waals surface area contributed by atoms with Crippen LogP contribution in [0.15, 0.2) is 46.7 Å². The molecule has 0 aliphatic heterocycles. The minimum Gasteiger partial charge on any atom is -0.456 e. The van der Waals surface area contributed by atoms with E-state index < -0.39 is 34.1 Å². The molecule has 0 spiro atoms. The van der Waals surface area contributed by atoms with Gasteiger partial charge in [0.05, 0.1) is 23.1 Å². The fourth-order valence-corrected chi connectivity index (χ4v) is 4.17. The highest BCUT2D eigenvalue weighted by atomic mass is 35.5. The molecule has 2 aromatic rings. The van der Waals surface area contributed by atoms with E-state index in [1.165, 1.54) is 35.6 Å². The van der Waals surface area contributed by atoms with Crippen molar-refractivity contribution in [1.82, 2.24) is 5.32 Å². The van der Waals surface area contributed by atoms with Gasteiger partial charge in [-0.2, -0.15) is 0 Å². The summed E-state index contributed by atoms with van der Waals surface area (Å²) in [5.74, 6) is -1.60. The molecule has 0 bridgehead atoms. The van der Waals surface area contributed by atoms with Gasteiger partial charge < -0.3 is 10.1 Å². The van der Waals surface area contributed by atoms with Crippen molar-refractivity contribution in [3.05, 3.63) is 51.7 Å². The van der Waals surface area contributed by atoms with Crippen molar-refractivity contribution in [2.24, 2.45) is 0 Å². The first-order chi connectivity index (χ1) is 12.3. The van der Waals surface area contributed by atoms with E-state index in [0.717, 1.165) is 4.88 Å². The van der Waals surface area contributed by atoms with Crippen molar-refractivity contribution in [2.45, 2.75) is 24.3 Å². The van der Waals surface area contributed by atoms with Crippen molar-refractivity contribution >= 4 is 44.7 Å². The molecule has 1 atom stereocenters. The molecule has 1 amide bonds. The number of hydrogen-bond acceptors (Lipinski definition) is 6. The van der Waals surface area contributed by atoms with Crippen LogP contribution in [-0.2, 0) is 24.2 Å². The van der Waals surface area contributed by atoms with Crippen LogP contribution in [0, 0.1) is 0 Å². The lowest BCUT2D eigenvalue weighted by Crippen LogP contribution is -2.31. The van der Waals surface area contributed by atoms with Gasteiger partial charge in [0.15, 0.2) is 16.4 Å². The fourth-order valence-electron chi connectivity index (χ4n) is 2.09. The third-order valence-corrected chi connectivity index (χ3v) is 6.50.